The lowest BCUT2D eigenvalue weighted by Gasteiger charge is -2.24. The molecule has 3 rings (SSSR count). The van der Waals surface area contributed by atoms with Gasteiger partial charge in [-0.1, -0.05) is 18.2 Å². The highest BCUT2D eigenvalue weighted by molar-refractivity contribution is 6.01. The van der Waals surface area contributed by atoms with Crippen molar-refractivity contribution in [1.29, 1.82) is 0 Å². The van der Waals surface area contributed by atoms with Gasteiger partial charge in [-0.25, -0.2) is 0 Å². The minimum absolute atomic E-state index is 0.0997. The van der Waals surface area contributed by atoms with E-state index in [0.717, 1.165) is 17.7 Å². The van der Waals surface area contributed by atoms with Gasteiger partial charge < -0.3 is 4.74 Å². The van der Waals surface area contributed by atoms with Crippen LogP contribution >= 0.6 is 0 Å². The van der Waals surface area contributed by atoms with Gasteiger partial charge in [0.1, 0.15) is 5.75 Å². The van der Waals surface area contributed by atoms with Crippen LogP contribution in [0.2, 0.25) is 0 Å². The number of carbonyl (C=O) groups excluding carboxylic acids is 1. The van der Waals surface area contributed by atoms with Crippen molar-refractivity contribution in [3.63, 3.8) is 0 Å². The zero-order valence-electron chi connectivity index (χ0n) is 9.87. The molecule has 1 aromatic carbocycles. The van der Waals surface area contributed by atoms with E-state index in [-0.39, 0.29) is 11.7 Å². The average molecular weight is 239 g/mol. The molecule has 1 atom stereocenters. The smallest absolute Gasteiger partial charge is 0.170 e. The molecule has 3 nitrogen and oxygen atoms in total. The summed E-state index contributed by atoms with van der Waals surface area (Å²) in [4.78, 5) is 16.4. The fourth-order valence-electron chi connectivity index (χ4n) is 2.33. The summed E-state index contributed by atoms with van der Waals surface area (Å²) in [7, 11) is 0. The van der Waals surface area contributed by atoms with E-state index in [4.69, 9.17) is 4.74 Å². The number of carbonyl (C=O) groups is 1. The molecule has 0 saturated carbocycles. The van der Waals surface area contributed by atoms with Crippen molar-refractivity contribution in [3.05, 3.63) is 59.9 Å². The summed E-state index contributed by atoms with van der Waals surface area (Å²) < 4.78 is 5.58. The Balaban J connectivity index is 1.97. The standard InChI is InChI=1S/C15H13NO2/c17-15(11-5-8-16-9-6-11)13-7-10-18-14-4-2-1-3-12(13)14/h1-6,8-9,13H,7,10H2. The molecule has 0 bridgehead atoms. The van der Waals surface area contributed by atoms with Crippen LogP contribution in [0.25, 0.3) is 0 Å². The van der Waals surface area contributed by atoms with E-state index in [9.17, 15) is 4.79 Å². The van der Waals surface area contributed by atoms with Gasteiger partial charge in [0.15, 0.2) is 5.78 Å². The van der Waals surface area contributed by atoms with Crippen molar-refractivity contribution in [2.45, 2.75) is 12.3 Å². The number of hydrogen-bond donors (Lipinski definition) is 0. The summed E-state index contributed by atoms with van der Waals surface area (Å²) in [6.07, 6.45) is 4.04. The van der Waals surface area contributed by atoms with Gasteiger partial charge >= 0.3 is 0 Å². The first-order valence-electron chi connectivity index (χ1n) is 6.02. The second kappa shape index (κ2) is 4.61. The number of nitrogens with zero attached hydrogens (tertiary/aromatic N) is 1. The van der Waals surface area contributed by atoms with Crippen LogP contribution in [0, 0.1) is 0 Å². The summed E-state index contributed by atoms with van der Waals surface area (Å²) in [6, 6.07) is 11.3. The maximum Gasteiger partial charge on any atom is 0.170 e. The monoisotopic (exact) mass is 239 g/mol. The number of benzene rings is 1. The first-order valence-corrected chi connectivity index (χ1v) is 6.02. The van der Waals surface area contributed by atoms with E-state index < -0.39 is 0 Å². The Morgan fingerprint density at radius 2 is 1.94 bits per heavy atom. The minimum Gasteiger partial charge on any atom is -0.493 e. The summed E-state index contributed by atoms with van der Waals surface area (Å²) in [6.45, 7) is 0.596. The molecule has 2 aromatic rings. The van der Waals surface area contributed by atoms with Gasteiger partial charge in [0.05, 0.1) is 12.5 Å². The number of fused-ring (bicyclic) bond motifs is 1. The average Bonchev–Trinajstić information content (AvgIpc) is 2.47. The highest BCUT2D eigenvalue weighted by Gasteiger charge is 2.27. The molecule has 0 saturated heterocycles. The van der Waals surface area contributed by atoms with Crippen LogP contribution in [0.5, 0.6) is 5.75 Å². The summed E-state index contributed by atoms with van der Waals surface area (Å²) >= 11 is 0. The van der Waals surface area contributed by atoms with E-state index in [1.165, 1.54) is 0 Å². The molecular weight excluding hydrogens is 226 g/mol. The molecule has 0 spiro atoms. The van der Waals surface area contributed by atoms with Gasteiger partial charge in [-0.2, -0.15) is 0 Å². The highest BCUT2D eigenvalue weighted by Crippen LogP contribution is 2.35. The lowest BCUT2D eigenvalue weighted by molar-refractivity contribution is 0.0933. The number of para-hydroxylation sites is 1. The molecule has 1 aromatic heterocycles. The second-order valence-corrected chi connectivity index (χ2v) is 4.33. The van der Waals surface area contributed by atoms with E-state index in [0.29, 0.717) is 12.2 Å². The molecule has 1 aliphatic rings. The maximum absolute atomic E-state index is 12.5. The Labute approximate surface area is 105 Å². The van der Waals surface area contributed by atoms with E-state index in [2.05, 4.69) is 4.98 Å². The Bertz CT molecular complexity index is 566. The Hall–Kier alpha value is -2.16. The van der Waals surface area contributed by atoms with Gasteiger partial charge in [-0.05, 0) is 24.6 Å². The van der Waals surface area contributed by atoms with Crippen molar-refractivity contribution >= 4 is 5.78 Å². The number of Topliss-reactive ketones (excluding diaryl/α,β-unsaturated/α-hetero) is 1. The number of rotatable bonds is 2. The normalized spacial score (nSPS) is 17.7. The lowest BCUT2D eigenvalue weighted by atomic mass is 9.86. The number of ether oxygens (including phenoxy) is 1. The Morgan fingerprint density at radius 3 is 2.78 bits per heavy atom. The van der Waals surface area contributed by atoms with Crippen LogP contribution in [-0.4, -0.2) is 17.4 Å². The molecule has 3 heteroatoms. The van der Waals surface area contributed by atoms with Crippen molar-refractivity contribution in [1.82, 2.24) is 4.98 Å². The summed E-state index contributed by atoms with van der Waals surface area (Å²) in [5.74, 6) is 0.877. The first kappa shape index (κ1) is 11.0. The molecule has 90 valence electrons. The van der Waals surface area contributed by atoms with Crippen molar-refractivity contribution < 1.29 is 9.53 Å². The third-order valence-corrected chi connectivity index (χ3v) is 3.24. The number of pyridine rings is 1. The lowest BCUT2D eigenvalue weighted by Crippen LogP contribution is -2.21. The molecule has 0 amide bonds. The first-order chi connectivity index (χ1) is 8.86. The predicted octanol–water partition coefficient (Wildman–Crippen LogP) is 2.83. The summed E-state index contributed by atoms with van der Waals surface area (Å²) in [5, 5.41) is 0. The molecule has 0 N–H and O–H groups in total. The van der Waals surface area contributed by atoms with E-state index >= 15 is 0 Å². The fourth-order valence-corrected chi connectivity index (χ4v) is 2.33. The van der Waals surface area contributed by atoms with Crippen LogP contribution in [-0.2, 0) is 0 Å². The highest BCUT2D eigenvalue weighted by atomic mass is 16.5. The Morgan fingerprint density at radius 1 is 1.17 bits per heavy atom. The molecule has 0 fully saturated rings. The van der Waals surface area contributed by atoms with Crippen molar-refractivity contribution in [2.24, 2.45) is 0 Å². The molecule has 1 aliphatic heterocycles. The van der Waals surface area contributed by atoms with Gasteiger partial charge in [-0.15, -0.1) is 0 Å². The molecular formula is C15H13NO2. The van der Waals surface area contributed by atoms with Crippen molar-refractivity contribution in [3.8, 4) is 5.75 Å². The van der Waals surface area contributed by atoms with Crippen LogP contribution in [0.1, 0.15) is 28.3 Å². The van der Waals surface area contributed by atoms with Crippen LogP contribution in [0.4, 0.5) is 0 Å². The summed E-state index contributed by atoms with van der Waals surface area (Å²) in [5.41, 5.74) is 1.71. The third kappa shape index (κ3) is 1.88. The van der Waals surface area contributed by atoms with Gasteiger partial charge in [0, 0.05) is 23.5 Å². The third-order valence-electron chi connectivity index (χ3n) is 3.24. The predicted molar refractivity (Wildman–Crippen MR) is 67.9 cm³/mol. The van der Waals surface area contributed by atoms with Crippen LogP contribution < -0.4 is 4.74 Å². The van der Waals surface area contributed by atoms with E-state index in [1.807, 2.05) is 24.3 Å². The fraction of sp³-hybridized carbons (Fsp3) is 0.200. The largest absolute Gasteiger partial charge is 0.493 e. The molecule has 1 unspecified atom stereocenters. The maximum atomic E-state index is 12.5. The molecule has 0 aliphatic carbocycles. The number of hydrogen-bond acceptors (Lipinski definition) is 3. The van der Waals surface area contributed by atoms with Gasteiger partial charge in [-0.3, -0.25) is 9.78 Å². The quantitative estimate of drug-likeness (QED) is 0.756. The molecule has 18 heavy (non-hydrogen) atoms. The second-order valence-electron chi connectivity index (χ2n) is 4.33. The topological polar surface area (TPSA) is 39.2 Å². The van der Waals surface area contributed by atoms with Crippen molar-refractivity contribution in [2.75, 3.05) is 6.61 Å². The van der Waals surface area contributed by atoms with Crippen LogP contribution in [0.15, 0.2) is 48.8 Å². The number of ketones is 1. The van der Waals surface area contributed by atoms with Gasteiger partial charge in [0.2, 0.25) is 0 Å². The zero-order chi connectivity index (χ0) is 12.4. The minimum atomic E-state index is -0.0997. The molecule has 2 heterocycles. The SMILES string of the molecule is O=C(c1ccncc1)C1CCOc2ccccc21. The molecule has 0 radical (unpaired) electrons. The van der Waals surface area contributed by atoms with E-state index in [1.54, 1.807) is 24.5 Å². The number of aromatic nitrogens is 1. The Kier molecular flexibility index (Phi) is 2.81. The van der Waals surface area contributed by atoms with Crippen LogP contribution in [0.3, 0.4) is 0 Å². The zero-order valence-corrected chi connectivity index (χ0v) is 9.87. The van der Waals surface area contributed by atoms with Gasteiger partial charge in [0.25, 0.3) is 0 Å².